The standard InChI is InChI=1S/C12H16ClN/c1-14-12(10-5-6-10)8-9-3-2-4-11(13)7-9/h2-4,7,10,12,14H,5-6,8H2,1H3. The van der Waals surface area contributed by atoms with Crippen LogP contribution in [0, 0.1) is 5.92 Å². The molecule has 1 nitrogen and oxygen atoms in total. The molecule has 1 aliphatic rings. The van der Waals surface area contributed by atoms with Crippen LogP contribution in [0.1, 0.15) is 18.4 Å². The van der Waals surface area contributed by atoms with E-state index >= 15 is 0 Å². The number of benzene rings is 1. The van der Waals surface area contributed by atoms with Crippen LogP contribution in [0.15, 0.2) is 24.3 Å². The Morgan fingerprint density at radius 3 is 2.86 bits per heavy atom. The first-order valence-corrected chi connectivity index (χ1v) is 5.59. The van der Waals surface area contributed by atoms with Gasteiger partial charge >= 0.3 is 0 Å². The molecule has 14 heavy (non-hydrogen) atoms. The Morgan fingerprint density at radius 2 is 2.29 bits per heavy atom. The van der Waals surface area contributed by atoms with Gasteiger partial charge in [0.05, 0.1) is 0 Å². The van der Waals surface area contributed by atoms with Gasteiger partial charge in [-0.2, -0.15) is 0 Å². The van der Waals surface area contributed by atoms with E-state index in [4.69, 9.17) is 11.6 Å². The van der Waals surface area contributed by atoms with Crippen LogP contribution in [0.4, 0.5) is 0 Å². The zero-order valence-electron chi connectivity index (χ0n) is 8.46. The maximum absolute atomic E-state index is 5.95. The van der Waals surface area contributed by atoms with E-state index in [0.717, 1.165) is 17.4 Å². The number of nitrogens with one attached hydrogen (secondary N) is 1. The Balaban J connectivity index is 2.01. The van der Waals surface area contributed by atoms with Crippen LogP contribution in [-0.4, -0.2) is 13.1 Å². The zero-order chi connectivity index (χ0) is 9.97. The largest absolute Gasteiger partial charge is 0.316 e. The van der Waals surface area contributed by atoms with Gasteiger partial charge in [0.25, 0.3) is 0 Å². The van der Waals surface area contributed by atoms with Crippen molar-refractivity contribution >= 4 is 11.6 Å². The van der Waals surface area contributed by atoms with Crippen LogP contribution >= 0.6 is 11.6 Å². The van der Waals surface area contributed by atoms with Crippen molar-refractivity contribution < 1.29 is 0 Å². The average Bonchev–Trinajstić information content (AvgIpc) is 2.97. The van der Waals surface area contributed by atoms with Crippen LogP contribution in [0.3, 0.4) is 0 Å². The highest BCUT2D eigenvalue weighted by atomic mass is 35.5. The molecular formula is C12H16ClN. The van der Waals surface area contributed by atoms with Crippen molar-refractivity contribution in [2.75, 3.05) is 7.05 Å². The Morgan fingerprint density at radius 1 is 1.50 bits per heavy atom. The van der Waals surface area contributed by atoms with E-state index in [1.807, 2.05) is 19.2 Å². The highest BCUT2D eigenvalue weighted by Crippen LogP contribution is 2.34. The summed E-state index contributed by atoms with van der Waals surface area (Å²) in [6.07, 6.45) is 3.86. The Hall–Kier alpha value is -0.530. The van der Waals surface area contributed by atoms with Crippen LogP contribution < -0.4 is 5.32 Å². The third kappa shape index (κ3) is 2.49. The highest BCUT2D eigenvalue weighted by Gasteiger charge is 2.29. The first-order valence-electron chi connectivity index (χ1n) is 5.21. The second-order valence-corrected chi connectivity index (χ2v) is 4.50. The van der Waals surface area contributed by atoms with Crippen LogP contribution in [0.5, 0.6) is 0 Å². The lowest BCUT2D eigenvalue weighted by atomic mass is 10.0. The maximum Gasteiger partial charge on any atom is 0.0408 e. The van der Waals surface area contributed by atoms with Gasteiger partial charge in [-0.25, -0.2) is 0 Å². The number of halogens is 1. The second-order valence-electron chi connectivity index (χ2n) is 4.07. The minimum absolute atomic E-state index is 0.633. The second kappa shape index (κ2) is 4.33. The number of hydrogen-bond acceptors (Lipinski definition) is 1. The average molecular weight is 210 g/mol. The zero-order valence-corrected chi connectivity index (χ0v) is 9.22. The minimum atomic E-state index is 0.633. The first-order chi connectivity index (χ1) is 6.79. The predicted molar refractivity (Wildman–Crippen MR) is 60.7 cm³/mol. The summed E-state index contributed by atoms with van der Waals surface area (Å²) in [7, 11) is 2.05. The lowest BCUT2D eigenvalue weighted by Crippen LogP contribution is -2.29. The molecule has 2 heteroatoms. The molecule has 76 valence electrons. The molecule has 1 saturated carbocycles. The van der Waals surface area contributed by atoms with Crippen LogP contribution in [0.25, 0.3) is 0 Å². The fraction of sp³-hybridized carbons (Fsp3) is 0.500. The van der Waals surface area contributed by atoms with E-state index < -0.39 is 0 Å². The number of rotatable bonds is 4. The van der Waals surface area contributed by atoms with Gasteiger partial charge in [0.1, 0.15) is 0 Å². The normalized spacial score (nSPS) is 18.1. The van der Waals surface area contributed by atoms with Crippen LogP contribution in [-0.2, 0) is 6.42 Å². The quantitative estimate of drug-likeness (QED) is 0.804. The summed E-state index contributed by atoms with van der Waals surface area (Å²) in [4.78, 5) is 0. The molecule has 1 atom stereocenters. The van der Waals surface area contributed by atoms with E-state index in [2.05, 4.69) is 17.4 Å². The van der Waals surface area contributed by atoms with Crippen molar-refractivity contribution in [3.8, 4) is 0 Å². The highest BCUT2D eigenvalue weighted by molar-refractivity contribution is 6.30. The van der Waals surface area contributed by atoms with Gasteiger partial charge in [-0.15, -0.1) is 0 Å². The van der Waals surface area contributed by atoms with E-state index in [-0.39, 0.29) is 0 Å². The molecule has 0 heterocycles. The van der Waals surface area contributed by atoms with Crippen molar-refractivity contribution in [2.45, 2.75) is 25.3 Å². The topological polar surface area (TPSA) is 12.0 Å². The molecule has 0 amide bonds. The van der Waals surface area contributed by atoms with Gasteiger partial charge in [0.15, 0.2) is 0 Å². The molecule has 2 rings (SSSR count). The van der Waals surface area contributed by atoms with Crippen molar-refractivity contribution in [1.29, 1.82) is 0 Å². The van der Waals surface area contributed by atoms with E-state index in [9.17, 15) is 0 Å². The third-order valence-corrected chi connectivity index (χ3v) is 3.14. The molecule has 0 saturated heterocycles. The van der Waals surface area contributed by atoms with Gasteiger partial charge in [-0.1, -0.05) is 23.7 Å². The molecule has 0 radical (unpaired) electrons. The van der Waals surface area contributed by atoms with Crippen molar-refractivity contribution in [3.05, 3.63) is 34.9 Å². The monoisotopic (exact) mass is 209 g/mol. The Kier molecular flexibility index (Phi) is 3.09. The summed E-state index contributed by atoms with van der Waals surface area (Å²) >= 11 is 5.95. The lowest BCUT2D eigenvalue weighted by molar-refractivity contribution is 0.500. The van der Waals surface area contributed by atoms with Gasteiger partial charge in [-0.05, 0) is 49.9 Å². The minimum Gasteiger partial charge on any atom is -0.316 e. The SMILES string of the molecule is CNC(Cc1cccc(Cl)c1)C1CC1. The summed E-state index contributed by atoms with van der Waals surface area (Å²) in [5.41, 5.74) is 1.34. The third-order valence-electron chi connectivity index (χ3n) is 2.91. The van der Waals surface area contributed by atoms with E-state index in [1.54, 1.807) is 0 Å². The van der Waals surface area contributed by atoms with Gasteiger partial charge in [0, 0.05) is 11.1 Å². The van der Waals surface area contributed by atoms with Gasteiger partial charge in [-0.3, -0.25) is 0 Å². The maximum atomic E-state index is 5.95. The fourth-order valence-electron chi connectivity index (χ4n) is 1.92. The molecule has 1 N–H and O–H groups in total. The number of likely N-dealkylation sites (N-methyl/N-ethyl adjacent to an activating group) is 1. The van der Waals surface area contributed by atoms with Crippen molar-refractivity contribution in [3.63, 3.8) is 0 Å². The summed E-state index contributed by atoms with van der Waals surface area (Å²) in [5.74, 6) is 0.888. The number of hydrogen-bond donors (Lipinski definition) is 1. The summed E-state index contributed by atoms with van der Waals surface area (Å²) in [5, 5.41) is 4.23. The van der Waals surface area contributed by atoms with Crippen LogP contribution in [0.2, 0.25) is 5.02 Å². The molecular weight excluding hydrogens is 194 g/mol. The molecule has 1 fully saturated rings. The Bertz CT molecular complexity index is 307. The van der Waals surface area contributed by atoms with E-state index in [0.29, 0.717) is 6.04 Å². The van der Waals surface area contributed by atoms with E-state index in [1.165, 1.54) is 18.4 Å². The summed E-state index contributed by atoms with van der Waals surface area (Å²) < 4.78 is 0. The predicted octanol–water partition coefficient (Wildman–Crippen LogP) is 2.88. The molecule has 1 aliphatic carbocycles. The Labute approximate surface area is 90.5 Å². The van der Waals surface area contributed by atoms with Crippen molar-refractivity contribution in [2.24, 2.45) is 5.92 Å². The lowest BCUT2D eigenvalue weighted by Gasteiger charge is -2.15. The smallest absolute Gasteiger partial charge is 0.0408 e. The summed E-state index contributed by atoms with van der Waals surface area (Å²) in [6, 6.07) is 8.80. The molecule has 0 bridgehead atoms. The molecule has 0 aromatic heterocycles. The van der Waals surface area contributed by atoms with Gasteiger partial charge < -0.3 is 5.32 Å². The summed E-state index contributed by atoms with van der Waals surface area (Å²) in [6.45, 7) is 0. The fourth-order valence-corrected chi connectivity index (χ4v) is 2.13. The van der Waals surface area contributed by atoms with Gasteiger partial charge in [0.2, 0.25) is 0 Å². The first kappa shape index (κ1) is 10.0. The molecule has 0 aliphatic heterocycles. The van der Waals surface area contributed by atoms with Crippen molar-refractivity contribution in [1.82, 2.24) is 5.32 Å². The molecule has 1 aromatic rings. The molecule has 1 unspecified atom stereocenters. The molecule has 1 aromatic carbocycles. The molecule has 0 spiro atoms.